The Morgan fingerprint density at radius 2 is 2.23 bits per heavy atom. The molecule has 1 N–H and O–H groups in total. The van der Waals surface area contributed by atoms with Crippen LogP contribution in [0.3, 0.4) is 0 Å². The van der Waals surface area contributed by atoms with Gasteiger partial charge in [0.15, 0.2) is 9.84 Å². The Morgan fingerprint density at radius 3 is 2.77 bits per heavy atom. The zero-order valence-corrected chi connectivity index (χ0v) is 14.2. The fourth-order valence-electron chi connectivity index (χ4n) is 2.62. The Bertz CT molecular complexity index is 639. The van der Waals surface area contributed by atoms with E-state index in [4.69, 9.17) is 0 Å². The number of nitrogens with one attached hydrogen (secondary N) is 1. The highest BCUT2D eigenvalue weighted by atomic mass is 32.2. The van der Waals surface area contributed by atoms with Crippen LogP contribution in [-0.4, -0.2) is 66.5 Å². The number of aromatic nitrogens is 2. The summed E-state index contributed by atoms with van der Waals surface area (Å²) in [6.45, 7) is 5.39. The molecule has 22 heavy (non-hydrogen) atoms. The van der Waals surface area contributed by atoms with Crippen LogP contribution in [-0.2, 0) is 21.2 Å². The molecule has 0 saturated carbocycles. The molecule has 0 unspecified atom stereocenters. The number of amides is 1. The number of nitrogens with zero attached hydrogens (tertiary/aromatic N) is 3. The highest BCUT2D eigenvalue weighted by molar-refractivity contribution is 7.91. The third kappa shape index (κ3) is 4.30. The number of imidazole rings is 1. The molecule has 0 aliphatic carbocycles. The van der Waals surface area contributed by atoms with Gasteiger partial charge in [0.25, 0.3) is 0 Å². The van der Waals surface area contributed by atoms with Crippen molar-refractivity contribution >= 4 is 15.7 Å². The molecular formula is C14H24N4O3S. The number of sulfone groups is 1. The second kappa shape index (κ2) is 6.78. The van der Waals surface area contributed by atoms with Gasteiger partial charge in [0, 0.05) is 24.8 Å². The van der Waals surface area contributed by atoms with Crippen molar-refractivity contribution in [2.24, 2.45) is 0 Å². The molecule has 2 rings (SSSR count). The first-order chi connectivity index (χ1) is 10.3. The van der Waals surface area contributed by atoms with Crippen molar-refractivity contribution in [3.63, 3.8) is 0 Å². The van der Waals surface area contributed by atoms with E-state index < -0.39 is 9.84 Å². The first-order valence-electron chi connectivity index (χ1n) is 7.44. The number of carbonyl (C=O) groups is 1. The van der Waals surface area contributed by atoms with Gasteiger partial charge < -0.3 is 9.88 Å². The van der Waals surface area contributed by atoms with E-state index >= 15 is 0 Å². The van der Waals surface area contributed by atoms with Gasteiger partial charge in [0.05, 0.1) is 30.1 Å². The summed E-state index contributed by atoms with van der Waals surface area (Å²) in [6, 6.07) is -0.0470. The maximum atomic E-state index is 11.9. The van der Waals surface area contributed by atoms with E-state index in [1.54, 1.807) is 13.4 Å². The molecule has 0 spiro atoms. The standard InChI is InChI=1S/C14H24N4O3S/c1-11-12(2)18(10-16-11)6-5-15-14(19)8-17(3)13-4-7-22(20,21)9-13/h10,13H,4-9H2,1-3H3,(H,15,19)/t13-/m1/s1. The summed E-state index contributed by atoms with van der Waals surface area (Å²) >= 11 is 0. The van der Waals surface area contributed by atoms with Crippen LogP contribution in [0.1, 0.15) is 17.8 Å². The number of rotatable bonds is 6. The van der Waals surface area contributed by atoms with Crippen LogP contribution in [0, 0.1) is 13.8 Å². The zero-order valence-electron chi connectivity index (χ0n) is 13.4. The minimum Gasteiger partial charge on any atom is -0.353 e. The maximum Gasteiger partial charge on any atom is 0.234 e. The van der Waals surface area contributed by atoms with Crippen LogP contribution in [0.2, 0.25) is 0 Å². The molecule has 1 fully saturated rings. The summed E-state index contributed by atoms with van der Waals surface area (Å²) in [6.07, 6.45) is 2.38. The number of aryl methyl sites for hydroxylation is 1. The fraction of sp³-hybridized carbons (Fsp3) is 0.714. The number of carbonyl (C=O) groups excluding carboxylic acids is 1. The van der Waals surface area contributed by atoms with E-state index in [9.17, 15) is 13.2 Å². The summed E-state index contributed by atoms with van der Waals surface area (Å²) in [7, 11) is -1.12. The lowest BCUT2D eigenvalue weighted by molar-refractivity contribution is -0.122. The molecule has 124 valence electrons. The molecule has 2 heterocycles. The Hall–Kier alpha value is -1.41. The van der Waals surface area contributed by atoms with Crippen molar-refractivity contribution in [3.05, 3.63) is 17.7 Å². The van der Waals surface area contributed by atoms with Crippen LogP contribution in [0.25, 0.3) is 0 Å². The molecular weight excluding hydrogens is 304 g/mol. The first kappa shape index (κ1) is 17.0. The molecule has 1 amide bonds. The van der Waals surface area contributed by atoms with Crippen molar-refractivity contribution in [2.45, 2.75) is 32.9 Å². The SMILES string of the molecule is Cc1ncn(CCNC(=O)CN(C)[C@@H]2CCS(=O)(=O)C2)c1C. The van der Waals surface area contributed by atoms with E-state index in [2.05, 4.69) is 10.3 Å². The molecule has 1 aromatic rings. The highest BCUT2D eigenvalue weighted by Crippen LogP contribution is 2.15. The van der Waals surface area contributed by atoms with Crippen molar-refractivity contribution in [3.8, 4) is 0 Å². The molecule has 1 aromatic heterocycles. The average molecular weight is 328 g/mol. The van der Waals surface area contributed by atoms with Gasteiger partial charge in [0.2, 0.25) is 5.91 Å². The fourth-order valence-corrected chi connectivity index (χ4v) is 4.43. The van der Waals surface area contributed by atoms with E-state index in [1.165, 1.54) is 0 Å². The largest absolute Gasteiger partial charge is 0.353 e. The molecule has 0 radical (unpaired) electrons. The normalized spacial score (nSPS) is 20.5. The van der Waals surface area contributed by atoms with Crippen molar-refractivity contribution < 1.29 is 13.2 Å². The van der Waals surface area contributed by atoms with E-state index in [0.29, 0.717) is 19.5 Å². The number of hydrogen-bond acceptors (Lipinski definition) is 5. The van der Waals surface area contributed by atoms with Gasteiger partial charge in [-0.05, 0) is 27.3 Å². The van der Waals surface area contributed by atoms with Gasteiger partial charge in [-0.2, -0.15) is 0 Å². The van der Waals surface area contributed by atoms with Crippen LogP contribution >= 0.6 is 0 Å². The monoisotopic (exact) mass is 328 g/mol. The smallest absolute Gasteiger partial charge is 0.234 e. The van der Waals surface area contributed by atoms with Crippen molar-refractivity contribution in [1.82, 2.24) is 19.8 Å². The second-order valence-corrected chi connectivity index (χ2v) is 8.16. The summed E-state index contributed by atoms with van der Waals surface area (Å²) in [5.41, 5.74) is 2.09. The molecule has 8 heteroatoms. The summed E-state index contributed by atoms with van der Waals surface area (Å²) in [5.74, 6) is 0.300. The average Bonchev–Trinajstić information content (AvgIpc) is 2.95. The lowest BCUT2D eigenvalue weighted by Crippen LogP contribution is -2.41. The van der Waals surface area contributed by atoms with Gasteiger partial charge >= 0.3 is 0 Å². The van der Waals surface area contributed by atoms with Gasteiger partial charge in [-0.25, -0.2) is 13.4 Å². The quantitative estimate of drug-likeness (QED) is 0.777. The summed E-state index contributed by atoms with van der Waals surface area (Å²) in [4.78, 5) is 18.0. The summed E-state index contributed by atoms with van der Waals surface area (Å²) < 4.78 is 24.9. The molecule has 1 saturated heterocycles. The number of likely N-dealkylation sites (N-methyl/N-ethyl adjacent to an activating group) is 1. The minimum absolute atomic E-state index is 0.0470. The van der Waals surface area contributed by atoms with Crippen molar-refractivity contribution in [1.29, 1.82) is 0 Å². The predicted octanol–water partition coefficient (Wildman–Crippen LogP) is -0.265. The third-order valence-electron chi connectivity index (χ3n) is 4.24. The first-order valence-corrected chi connectivity index (χ1v) is 9.26. The van der Waals surface area contributed by atoms with Crippen LogP contribution in [0.4, 0.5) is 0 Å². The topological polar surface area (TPSA) is 84.3 Å². The Balaban J connectivity index is 1.73. The lowest BCUT2D eigenvalue weighted by Gasteiger charge is -2.22. The van der Waals surface area contributed by atoms with E-state index in [0.717, 1.165) is 11.4 Å². The highest BCUT2D eigenvalue weighted by Gasteiger charge is 2.31. The van der Waals surface area contributed by atoms with Crippen LogP contribution in [0.15, 0.2) is 6.33 Å². The predicted molar refractivity (Wildman–Crippen MR) is 84.4 cm³/mol. The zero-order chi connectivity index (χ0) is 16.3. The van der Waals surface area contributed by atoms with Crippen LogP contribution < -0.4 is 5.32 Å². The molecule has 1 aliphatic rings. The van der Waals surface area contributed by atoms with Gasteiger partial charge in [-0.15, -0.1) is 0 Å². The Kier molecular flexibility index (Phi) is 5.23. The van der Waals surface area contributed by atoms with E-state index in [-0.39, 0.29) is 30.0 Å². The maximum absolute atomic E-state index is 11.9. The lowest BCUT2D eigenvalue weighted by atomic mass is 10.2. The Labute approximate surface area is 131 Å². The molecule has 0 bridgehead atoms. The second-order valence-electron chi connectivity index (χ2n) is 5.93. The van der Waals surface area contributed by atoms with Crippen molar-refractivity contribution in [2.75, 3.05) is 31.6 Å². The van der Waals surface area contributed by atoms with Crippen LogP contribution in [0.5, 0.6) is 0 Å². The summed E-state index contributed by atoms with van der Waals surface area (Å²) in [5, 5.41) is 2.86. The Morgan fingerprint density at radius 1 is 1.50 bits per heavy atom. The molecule has 7 nitrogen and oxygen atoms in total. The molecule has 0 aromatic carbocycles. The molecule has 1 atom stereocenters. The number of hydrogen-bond donors (Lipinski definition) is 1. The van der Waals surface area contributed by atoms with E-state index in [1.807, 2.05) is 23.3 Å². The van der Waals surface area contributed by atoms with Gasteiger partial charge in [-0.3, -0.25) is 9.69 Å². The molecule has 1 aliphatic heterocycles. The van der Waals surface area contributed by atoms with Gasteiger partial charge in [0.1, 0.15) is 0 Å². The minimum atomic E-state index is -2.92. The third-order valence-corrected chi connectivity index (χ3v) is 6.00. The van der Waals surface area contributed by atoms with Gasteiger partial charge in [-0.1, -0.05) is 0 Å².